The number of aromatic hydroxyl groups is 1. The highest BCUT2D eigenvalue weighted by atomic mass is 32.2. The van der Waals surface area contributed by atoms with E-state index in [4.69, 9.17) is 16.2 Å². The van der Waals surface area contributed by atoms with E-state index in [-0.39, 0.29) is 18.6 Å². The van der Waals surface area contributed by atoms with Crippen molar-refractivity contribution in [2.24, 2.45) is 11.5 Å². The molecule has 0 amide bonds. The zero-order valence-electron chi connectivity index (χ0n) is 18.2. The number of rotatable bonds is 8. The van der Waals surface area contributed by atoms with Gasteiger partial charge in [0.15, 0.2) is 5.75 Å². The van der Waals surface area contributed by atoms with Crippen molar-refractivity contribution in [2.45, 2.75) is 34.7 Å². The number of anilines is 2. The van der Waals surface area contributed by atoms with Crippen LogP contribution in [0, 0.1) is 0 Å². The Morgan fingerprint density at radius 2 is 1.62 bits per heavy atom. The van der Waals surface area contributed by atoms with E-state index in [0.29, 0.717) is 39.8 Å². The first kappa shape index (κ1) is 24.3. The standard InChI is InChI=1S/C22H26N4O6S2/c23-12(21(28)29)5-10-6-15(18-16(7-10)33-3-1-26-18)32-19-11(8-13(24)22(30)31)9-14(27)17-20(19)34-4-2-25-17/h6-7,9,12-13,25-27H,1-5,8,23-24H2,(H,28,29)(H,30,31). The highest BCUT2D eigenvalue weighted by Gasteiger charge is 2.27. The Morgan fingerprint density at radius 1 is 0.971 bits per heavy atom. The average Bonchev–Trinajstić information content (AvgIpc) is 2.81. The molecule has 12 heteroatoms. The topological polar surface area (TPSA) is 180 Å². The second kappa shape index (κ2) is 10.2. The van der Waals surface area contributed by atoms with Crippen LogP contribution in [0.15, 0.2) is 28.0 Å². The second-order valence-electron chi connectivity index (χ2n) is 8.01. The minimum atomic E-state index is -1.18. The first-order valence-electron chi connectivity index (χ1n) is 10.7. The number of phenolic OH excluding ortho intramolecular Hbond substituents is 1. The van der Waals surface area contributed by atoms with Gasteiger partial charge in [-0.15, -0.1) is 23.5 Å². The highest BCUT2D eigenvalue weighted by molar-refractivity contribution is 7.99. The van der Waals surface area contributed by atoms with Crippen molar-refractivity contribution in [3.63, 3.8) is 0 Å². The van der Waals surface area contributed by atoms with Crippen molar-refractivity contribution in [1.29, 1.82) is 0 Å². The molecule has 2 atom stereocenters. The Morgan fingerprint density at radius 3 is 2.32 bits per heavy atom. The summed E-state index contributed by atoms with van der Waals surface area (Å²) < 4.78 is 6.44. The fourth-order valence-electron chi connectivity index (χ4n) is 3.82. The van der Waals surface area contributed by atoms with E-state index in [1.807, 2.05) is 6.07 Å². The van der Waals surface area contributed by atoms with Gasteiger partial charge in [-0.1, -0.05) is 0 Å². The predicted octanol–water partition coefficient (Wildman–Crippen LogP) is 2.13. The second-order valence-corrected chi connectivity index (χ2v) is 10.2. The van der Waals surface area contributed by atoms with Crippen LogP contribution in [-0.2, 0) is 22.4 Å². The van der Waals surface area contributed by atoms with Crippen molar-refractivity contribution in [1.82, 2.24) is 0 Å². The van der Waals surface area contributed by atoms with E-state index in [1.165, 1.54) is 17.8 Å². The molecule has 0 saturated heterocycles. The van der Waals surface area contributed by atoms with E-state index in [9.17, 15) is 24.9 Å². The summed E-state index contributed by atoms with van der Waals surface area (Å²) in [6.45, 7) is 1.39. The van der Waals surface area contributed by atoms with Gasteiger partial charge in [0.1, 0.15) is 23.6 Å². The van der Waals surface area contributed by atoms with E-state index in [2.05, 4.69) is 10.6 Å². The molecule has 0 spiro atoms. The number of nitrogens with one attached hydrogen (secondary N) is 2. The van der Waals surface area contributed by atoms with E-state index < -0.39 is 24.0 Å². The van der Waals surface area contributed by atoms with Gasteiger partial charge in [-0.3, -0.25) is 9.59 Å². The summed E-state index contributed by atoms with van der Waals surface area (Å²) >= 11 is 3.12. The number of carboxylic acids is 2. The first-order valence-corrected chi connectivity index (χ1v) is 12.7. The Hall–Kier alpha value is -2.80. The number of ether oxygens (including phenoxy) is 1. The fourth-order valence-corrected chi connectivity index (χ4v) is 5.83. The smallest absolute Gasteiger partial charge is 0.320 e. The molecule has 2 unspecified atom stereocenters. The molecule has 182 valence electrons. The van der Waals surface area contributed by atoms with Crippen LogP contribution in [0.2, 0.25) is 0 Å². The van der Waals surface area contributed by atoms with E-state index in [0.717, 1.165) is 28.6 Å². The maximum absolute atomic E-state index is 11.4. The van der Waals surface area contributed by atoms with Crippen molar-refractivity contribution in [3.8, 4) is 17.2 Å². The third kappa shape index (κ3) is 5.14. The number of fused-ring (bicyclic) bond motifs is 2. The molecule has 0 saturated carbocycles. The molecule has 9 N–H and O–H groups in total. The zero-order chi connectivity index (χ0) is 24.4. The maximum atomic E-state index is 11.4. The van der Waals surface area contributed by atoms with Gasteiger partial charge in [0, 0.05) is 41.5 Å². The predicted molar refractivity (Wildman–Crippen MR) is 132 cm³/mol. The van der Waals surface area contributed by atoms with Gasteiger partial charge in [0.05, 0.1) is 16.3 Å². The number of carboxylic acid groups (broad SMARTS) is 2. The lowest BCUT2D eigenvalue weighted by Crippen LogP contribution is -2.32. The summed E-state index contributed by atoms with van der Waals surface area (Å²) in [5, 5.41) is 35.7. The van der Waals surface area contributed by atoms with Crippen LogP contribution in [0.25, 0.3) is 0 Å². The van der Waals surface area contributed by atoms with Crippen LogP contribution in [-0.4, -0.2) is 63.9 Å². The molecule has 2 aromatic rings. The van der Waals surface area contributed by atoms with Crippen LogP contribution in [0.3, 0.4) is 0 Å². The van der Waals surface area contributed by atoms with Crippen LogP contribution in [0.1, 0.15) is 11.1 Å². The van der Waals surface area contributed by atoms with Crippen LogP contribution in [0.5, 0.6) is 17.2 Å². The molecule has 0 fully saturated rings. The van der Waals surface area contributed by atoms with Crippen LogP contribution in [0.4, 0.5) is 11.4 Å². The molecule has 2 aromatic carbocycles. The normalized spacial score (nSPS) is 16.3. The number of benzene rings is 2. The van der Waals surface area contributed by atoms with E-state index in [1.54, 1.807) is 17.8 Å². The molecule has 10 nitrogen and oxygen atoms in total. The highest BCUT2D eigenvalue weighted by Crippen LogP contribution is 2.50. The number of hydrogen-bond donors (Lipinski definition) is 7. The molecule has 0 bridgehead atoms. The summed E-state index contributed by atoms with van der Waals surface area (Å²) in [5.74, 6) is 0.215. The molecule has 2 aliphatic rings. The average molecular weight is 507 g/mol. The fraction of sp³-hybridized carbons (Fsp3) is 0.364. The number of carbonyl (C=O) groups is 2. The Balaban J connectivity index is 1.80. The van der Waals surface area contributed by atoms with Crippen LogP contribution < -0.4 is 26.8 Å². The van der Waals surface area contributed by atoms with Gasteiger partial charge in [0.2, 0.25) is 0 Å². The van der Waals surface area contributed by atoms with Gasteiger partial charge in [-0.2, -0.15) is 0 Å². The lowest BCUT2D eigenvalue weighted by Gasteiger charge is -2.27. The van der Waals surface area contributed by atoms with Crippen molar-refractivity contribution in [3.05, 3.63) is 29.3 Å². The number of hydrogen-bond acceptors (Lipinski definition) is 10. The van der Waals surface area contributed by atoms with Gasteiger partial charge in [0.25, 0.3) is 0 Å². The van der Waals surface area contributed by atoms with Crippen molar-refractivity contribution < 1.29 is 29.6 Å². The van der Waals surface area contributed by atoms with Crippen molar-refractivity contribution >= 4 is 46.8 Å². The van der Waals surface area contributed by atoms with E-state index >= 15 is 0 Å². The SMILES string of the molecule is NC(Cc1cc(Oc2c(CC(N)C(=O)O)cc(O)c3c2SCCN3)c2c(c1)SCCN2)C(=O)O. The summed E-state index contributed by atoms with van der Waals surface area (Å²) in [7, 11) is 0. The molecule has 0 aliphatic carbocycles. The third-order valence-corrected chi connectivity index (χ3v) is 7.60. The van der Waals surface area contributed by atoms with Crippen molar-refractivity contribution in [2.75, 3.05) is 35.2 Å². The maximum Gasteiger partial charge on any atom is 0.320 e. The number of nitrogens with two attached hydrogens (primary N) is 2. The van der Waals surface area contributed by atoms with Gasteiger partial charge in [-0.25, -0.2) is 0 Å². The third-order valence-electron chi connectivity index (χ3n) is 5.47. The Kier molecular flexibility index (Phi) is 7.31. The first-order chi connectivity index (χ1) is 16.2. The molecule has 34 heavy (non-hydrogen) atoms. The summed E-state index contributed by atoms with van der Waals surface area (Å²) in [6, 6.07) is 2.91. The summed E-state index contributed by atoms with van der Waals surface area (Å²) in [6.07, 6.45) is 0.0836. The van der Waals surface area contributed by atoms with Gasteiger partial charge < -0.3 is 42.2 Å². The van der Waals surface area contributed by atoms with Gasteiger partial charge in [-0.05, 0) is 30.2 Å². The molecule has 0 aromatic heterocycles. The molecular formula is C22H26N4O6S2. The molecule has 2 heterocycles. The molecule has 2 aliphatic heterocycles. The van der Waals surface area contributed by atoms with Gasteiger partial charge >= 0.3 is 11.9 Å². The summed E-state index contributed by atoms with van der Waals surface area (Å²) in [4.78, 5) is 24.3. The Bertz CT molecular complexity index is 1130. The summed E-state index contributed by atoms with van der Waals surface area (Å²) in [5.41, 5.74) is 14.1. The molecule has 0 radical (unpaired) electrons. The number of thioether (sulfide) groups is 2. The minimum Gasteiger partial charge on any atom is -0.506 e. The number of aliphatic carboxylic acids is 2. The quantitative estimate of drug-likeness (QED) is 0.260. The molecular weight excluding hydrogens is 480 g/mol. The zero-order valence-corrected chi connectivity index (χ0v) is 19.8. The Labute approximate surface area is 204 Å². The lowest BCUT2D eigenvalue weighted by molar-refractivity contribution is -0.139. The minimum absolute atomic E-state index is 0.000898. The largest absolute Gasteiger partial charge is 0.506 e. The lowest BCUT2D eigenvalue weighted by atomic mass is 10.0. The van der Waals surface area contributed by atoms with Crippen LogP contribution >= 0.6 is 23.5 Å². The number of phenols is 1. The monoisotopic (exact) mass is 506 g/mol. The molecule has 4 rings (SSSR count).